The van der Waals surface area contributed by atoms with Gasteiger partial charge in [-0.25, -0.2) is 9.18 Å². The van der Waals surface area contributed by atoms with Crippen molar-refractivity contribution < 1.29 is 13.9 Å². The Balaban J connectivity index is 2.42. The number of para-hydroxylation sites is 1. The van der Waals surface area contributed by atoms with Gasteiger partial charge in [-0.3, -0.25) is 4.98 Å². The van der Waals surface area contributed by atoms with Gasteiger partial charge >= 0.3 is 5.97 Å². The number of ether oxygens (including phenoxy) is 1. The van der Waals surface area contributed by atoms with E-state index in [2.05, 4.69) is 4.98 Å². The smallest absolute Gasteiger partial charge is 0.340 e. The van der Waals surface area contributed by atoms with Crippen LogP contribution >= 0.6 is 0 Å². The number of aryl methyl sites for hydroxylation is 1. The van der Waals surface area contributed by atoms with Crippen molar-refractivity contribution >= 4 is 16.9 Å². The zero-order valence-electron chi connectivity index (χ0n) is 13.0. The molecular formula is C19H16FNO2. The van der Waals surface area contributed by atoms with Gasteiger partial charge in [0.1, 0.15) is 5.82 Å². The van der Waals surface area contributed by atoms with Gasteiger partial charge in [-0.15, -0.1) is 0 Å². The number of carbonyl (C=O) groups is 1. The van der Waals surface area contributed by atoms with E-state index in [4.69, 9.17) is 4.74 Å². The van der Waals surface area contributed by atoms with Gasteiger partial charge in [0.15, 0.2) is 0 Å². The van der Waals surface area contributed by atoms with E-state index in [1.807, 2.05) is 24.3 Å². The fourth-order valence-electron chi connectivity index (χ4n) is 2.73. The van der Waals surface area contributed by atoms with Crippen molar-refractivity contribution in [3.63, 3.8) is 0 Å². The molecule has 0 bridgehead atoms. The van der Waals surface area contributed by atoms with Crippen LogP contribution in [0.2, 0.25) is 0 Å². The van der Waals surface area contributed by atoms with Crippen molar-refractivity contribution in [2.45, 2.75) is 13.8 Å². The quantitative estimate of drug-likeness (QED) is 0.667. The minimum Gasteiger partial charge on any atom is -0.462 e. The van der Waals surface area contributed by atoms with Gasteiger partial charge in [-0.2, -0.15) is 0 Å². The summed E-state index contributed by atoms with van der Waals surface area (Å²) in [6.07, 6.45) is 0. The zero-order valence-corrected chi connectivity index (χ0v) is 13.0. The number of fused-ring (bicyclic) bond motifs is 1. The largest absolute Gasteiger partial charge is 0.462 e. The number of hydrogen-bond acceptors (Lipinski definition) is 3. The lowest BCUT2D eigenvalue weighted by atomic mass is 9.94. The third-order valence-corrected chi connectivity index (χ3v) is 3.70. The molecule has 0 saturated heterocycles. The monoisotopic (exact) mass is 309 g/mol. The number of hydrogen-bond donors (Lipinski definition) is 0. The molecule has 0 radical (unpaired) electrons. The van der Waals surface area contributed by atoms with Crippen LogP contribution in [-0.4, -0.2) is 17.6 Å². The summed E-state index contributed by atoms with van der Waals surface area (Å²) in [4.78, 5) is 16.9. The number of rotatable bonds is 3. The molecule has 0 amide bonds. The van der Waals surface area contributed by atoms with E-state index in [0.717, 1.165) is 10.9 Å². The summed E-state index contributed by atoms with van der Waals surface area (Å²) in [6.45, 7) is 3.73. The molecule has 116 valence electrons. The zero-order chi connectivity index (χ0) is 16.4. The van der Waals surface area contributed by atoms with Crippen molar-refractivity contribution in [2.75, 3.05) is 6.61 Å². The molecule has 1 heterocycles. The molecule has 1 aromatic heterocycles. The van der Waals surface area contributed by atoms with Gasteiger partial charge in [-0.1, -0.05) is 36.4 Å². The fourth-order valence-corrected chi connectivity index (χ4v) is 2.73. The number of esters is 1. The first-order valence-corrected chi connectivity index (χ1v) is 7.44. The van der Waals surface area contributed by atoms with Gasteiger partial charge in [-0.05, 0) is 26.0 Å². The minimum absolute atomic E-state index is 0.252. The minimum atomic E-state index is -0.485. The molecule has 4 heteroatoms. The third-order valence-electron chi connectivity index (χ3n) is 3.70. The maximum absolute atomic E-state index is 14.4. The number of aromatic nitrogens is 1. The van der Waals surface area contributed by atoms with E-state index < -0.39 is 5.97 Å². The van der Waals surface area contributed by atoms with Crippen molar-refractivity contribution in [1.29, 1.82) is 0 Å². The molecule has 3 nitrogen and oxygen atoms in total. The predicted octanol–water partition coefficient (Wildman–Crippen LogP) is 4.53. The second kappa shape index (κ2) is 6.16. The Kier molecular flexibility index (Phi) is 4.06. The second-order valence-corrected chi connectivity index (χ2v) is 5.16. The molecule has 0 atom stereocenters. The van der Waals surface area contributed by atoms with Crippen molar-refractivity contribution in [3.8, 4) is 11.1 Å². The van der Waals surface area contributed by atoms with Crippen molar-refractivity contribution in [1.82, 2.24) is 4.98 Å². The lowest BCUT2D eigenvalue weighted by Crippen LogP contribution is -2.11. The number of pyridine rings is 1. The highest BCUT2D eigenvalue weighted by Gasteiger charge is 2.22. The molecule has 0 aliphatic rings. The van der Waals surface area contributed by atoms with E-state index >= 15 is 0 Å². The van der Waals surface area contributed by atoms with E-state index in [1.54, 1.807) is 32.0 Å². The normalized spacial score (nSPS) is 10.7. The van der Waals surface area contributed by atoms with E-state index in [-0.39, 0.29) is 12.4 Å². The number of halogens is 1. The Bertz CT molecular complexity index is 890. The summed E-state index contributed by atoms with van der Waals surface area (Å²) in [7, 11) is 0. The third kappa shape index (κ3) is 2.68. The molecular weight excluding hydrogens is 293 g/mol. The first kappa shape index (κ1) is 15.2. The lowest BCUT2D eigenvalue weighted by Gasteiger charge is -2.15. The highest BCUT2D eigenvalue weighted by atomic mass is 19.1. The van der Waals surface area contributed by atoms with Crippen LogP contribution < -0.4 is 0 Å². The average Bonchev–Trinajstić information content (AvgIpc) is 2.54. The molecule has 3 aromatic rings. The first-order chi connectivity index (χ1) is 11.1. The summed E-state index contributed by atoms with van der Waals surface area (Å²) in [5, 5.41) is 0.728. The molecule has 0 aliphatic carbocycles. The summed E-state index contributed by atoms with van der Waals surface area (Å²) >= 11 is 0. The molecule has 3 rings (SSSR count). The van der Waals surface area contributed by atoms with Crippen LogP contribution in [0.25, 0.3) is 22.0 Å². The van der Waals surface area contributed by atoms with Gasteiger partial charge in [0, 0.05) is 16.5 Å². The van der Waals surface area contributed by atoms with Crippen molar-refractivity contribution in [2.24, 2.45) is 0 Å². The highest BCUT2D eigenvalue weighted by Crippen LogP contribution is 2.34. The SMILES string of the molecule is CCOC(=O)c1c(C)nc2ccccc2c1-c1ccccc1F. The van der Waals surface area contributed by atoms with Gasteiger partial charge < -0.3 is 4.74 Å². The Morgan fingerprint density at radius 1 is 1.13 bits per heavy atom. The Labute approximate surface area is 133 Å². The standard InChI is InChI=1S/C19H16FNO2/c1-3-23-19(22)17-12(2)21-16-11-7-5-9-14(16)18(17)13-8-4-6-10-15(13)20/h4-11H,3H2,1-2H3. The average molecular weight is 309 g/mol. The molecule has 2 aromatic carbocycles. The first-order valence-electron chi connectivity index (χ1n) is 7.44. The number of nitrogens with zero attached hydrogens (tertiary/aromatic N) is 1. The summed E-state index contributed by atoms with van der Waals surface area (Å²) in [5.41, 5.74) is 2.47. The highest BCUT2D eigenvalue weighted by molar-refractivity contribution is 6.07. The van der Waals surface area contributed by atoms with Gasteiger partial charge in [0.25, 0.3) is 0 Å². The molecule has 0 spiro atoms. The van der Waals surface area contributed by atoms with Crippen LogP contribution in [0.5, 0.6) is 0 Å². The van der Waals surface area contributed by atoms with Crippen molar-refractivity contribution in [3.05, 3.63) is 65.6 Å². The second-order valence-electron chi connectivity index (χ2n) is 5.16. The lowest BCUT2D eigenvalue weighted by molar-refractivity contribution is 0.0526. The van der Waals surface area contributed by atoms with Crippen LogP contribution in [0.4, 0.5) is 4.39 Å². The molecule has 0 unspecified atom stereocenters. The predicted molar refractivity (Wildman–Crippen MR) is 87.8 cm³/mol. The maximum Gasteiger partial charge on any atom is 0.340 e. The Hall–Kier alpha value is -2.75. The summed E-state index contributed by atoms with van der Waals surface area (Å²) < 4.78 is 19.5. The van der Waals surface area contributed by atoms with Gasteiger partial charge in [0.05, 0.1) is 23.4 Å². The number of benzene rings is 2. The van der Waals surface area contributed by atoms with Crippen LogP contribution in [0.1, 0.15) is 23.0 Å². The van der Waals surface area contributed by atoms with E-state index in [0.29, 0.717) is 22.4 Å². The van der Waals surface area contributed by atoms with E-state index in [1.165, 1.54) is 6.07 Å². The topological polar surface area (TPSA) is 39.2 Å². The van der Waals surface area contributed by atoms with Crippen LogP contribution in [0.3, 0.4) is 0 Å². The van der Waals surface area contributed by atoms with Crippen LogP contribution in [0, 0.1) is 12.7 Å². The maximum atomic E-state index is 14.4. The van der Waals surface area contributed by atoms with Crippen LogP contribution in [0.15, 0.2) is 48.5 Å². The summed E-state index contributed by atoms with van der Waals surface area (Å²) in [6, 6.07) is 13.8. The van der Waals surface area contributed by atoms with E-state index in [9.17, 15) is 9.18 Å². The van der Waals surface area contributed by atoms with Gasteiger partial charge in [0.2, 0.25) is 0 Å². The molecule has 23 heavy (non-hydrogen) atoms. The molecule has 0 fully saturated rings. The Morgan fingerprint density at radius 2 is 1.83 bits per heavy atom. The Morgan fingerprint density at radius 3 is 2.57 bits per heavy atom. The fraction of sp³-hybridized carbons (Fsp3) is 0.158. The summed E-state index contributed by atoms with van der Waals surface area (Å²) in [5.74, 6) is -0.865. The molecule has 0 N–H and O–H groups in total. The van der Waals surface area contributed by atoms with Crippen LogP contribution in [-0.2, 0) is 4.74 Å². The molecule has 0 aliphatic heterocycles. The molecule has 0 saturated carbocycles. The number of carbonyl (C=O) groups excluding carboxylic acids is 1.